The Labute approximate surface area is 116 Å². The lowest BCUT2D eigenvalue weighted by Crippen LogP contribution is -1.98. The molecule has 0 N–H and O–H groups in total. The molecule has 0 amide bonds. The van der Waals surface area contributed by atoms with Crippen molar-refractivity contribution in [3.05, 3.63) is 46.4 Å². The third-order valence-electron chi connectivity index (χ3n) is 2.73. The fraction of sp³-hybridized carbons (Fsp3) is 0.214. The summed E-state index contributed by atoms with van der Waals surface area (Å²) >= 11 is 6.01. The maximum absolute atomic E-state index is 8.91. The molecule has 0 spiro atoms. The van der Waals surface area contributed by atoms with Gasteiger partial charge in [-0.05, 0) is 31.0 Å². The minimum absolute atomic E-state index is 0.390. The van der Waals surface area contributed by atoms with Crippen molar-refractivity contribution >= 4 is 11.6 Å². The van der Waals surface area contributed by atoms with Crippen molar-refractivity contribution in [2.24, 2.45) is 0 Å². The highest BCUT2D eigenvalue weighted by Crippen LogP contribution is 2.29. The summed E-state index contributed by atoms with van der Waals surface area (Å²) in [6, 6.07) is 7.35. The van der Waals surface area contributed by atoms with E-state index in [0.29, 0.717) is 28.8 Å². The van der Waals surface area contributed by atoms with E-state index in [1.165, 1.54) is 6.33 Å². The summed E-state index contributed by atoms with van der Waals surface area (Å²) in [7, 11) is 0. The number of hydrogen-bond acceptors (Lipinski definition) is 4. The molecule has 1 aromatic heterocycles. The van der Waals surface area contributed by atoms with Gasteiger partial charge in [0.25, 0.3) is 0 Å². The van der Waals surface area contributed by atoms with Gasteiger partial charge in [0, 0.05) is 0 Å². The predicted molar refractivity (Wildman–Crippen MR) is 72.4 cm³/mol. The minimum atomic E-state index is 0.390. The highest BCUT2D eigenvalue weighted by molar-refractivity contribution is 6.30. The molecule has 2 rings (SSSR count). The smallest absolute Gasteiger partial charge is 0.227 e. The van der Waals surface area contributed by atoms with E-state index in [2.05, 4.69) is 16.0 Å². The number of rotatable bonds is 3. The van der Waals surface area contributed by atoms with Gasteiger partial charge in [0.2, 0.25) is 5.88 Å². The number of nitriles is 1. The first kappa shape index (κ1) is 13.3. The molecule has 0 aliphatic carbocycles. The molecular formula is C14H12ClN3O. The summed E-state index contributed by atoms with van der Waals surface area (Å²) in [5.74, 6) is 1.03. The monoisotopic (exact) mass is 273 g/mol. The maximum atomic E-state index is 8.91. The van der Waals surface area contributed by atoms with Crippen molar-refractivity contribution in [1.82, 2.24) is 9.97 Å². The molecule has 0 fully saturated rings. The number of benzene rings is 1. The second kappa shape index (κ2) is 5.68. The normalized spacial score (nSPS) is 10.0. The Balaban J connectivity index is 2.42. The molecule has 0 aliphatic heterocycles. The van der Waals surface area contributed by atoms with Crippen molar-refractivity contribution in [2.45, 2.75) is 20.3 Å². The zero-order valence-electron chi connectivity index (χ0n) is 10.6. The van der Waals surface area contributed by atoms with Gasteiger partial charge in [-0.1, -0.05) is 24.6 Å². The van der Waals surface area contributed by atoms with Gasteiger partial charge >= 0.3 is 0 Å². The molecule has 1 heterocycles. The summed E-state index contributed by atoms with van der Waals surface area (Å²) in [4.78, 5) is 8.03. The average Bonchev–Trinajstić information content (AvgIpc) is 2.41. The van der Waals surface area contributed by atoms with Gasteiger partial charge in [-0.3, -0.25) is 0 Å². The van der Waals surface area contributed by atoms with Gasteiger partial charge in [0.15, 0.2) is 0 Å². The number of nitrogens with zero attached hydrogens (tertiary/aromatic N) is 3. The van der Waals surface area contributed by atoms with E-state index in [0.717, 1.165) is 11.1 Å². The molecule has 0 aliphatic rings. The first-order chi connectivity index (χ1) is 9.15. The summed E-state index contributed by atoms with van der Waals surface area (Å²) in [6.45, 7) is 3.86. The van der Waals surface area contributed by atoms with E-state index in [1.54, 1.807) is 12.1 Å². The van der Waals surface area contributed by atoms with Crippen molar-refractivity contribution < 1.29 is 4.74 Å². The van der Waals surface area contributed by atoms with Crippen LogP contribution in [0.2, 0.25) is 5.15 Å². The van der Waals surface area contributed by atoms with Crippen LogP contribution in [-0.2, 0) is 6.42 Å². The zero-order chi connectivity index (χ0) is 13.8. The molecule has 4 nitrogen and oxygen atoms in total. The summed E-state index contributed by atoms with van der Waals surface area (Å²) in [5, 5.41) is 9.30. The van der Waals surface area contributed by atoms with Gasteiger partial charge in [0.05, 0.1) is 17.2 Å². The Morgan fingerprint density at radius 2 is 2.16 bits per heavy atom. The average molecular weight is 274 g/mol. The first-order valence-corrected chi connectivity index (χ1v) is 6.21. The van der Waals surface area contributed by atoms with Crippen LogP contribution in [0.5, 0.6) is 11.6 Å². The zero-order valence-corrected chi connectivity index (χ0v) is 11.4. The van der Waals surface area contributed by atoms with Crippen LogP contribution in [0.25, 0.3) is 0 Å². The Bertz CT molecular complexity index is 650. The van der Waals surface area contributed by atoms with Crippen LogP contribution in [-0.4, -0.2) is 9.97 Å². The number of aryl methyl sites for hydroxylation is 1. The first-order valence-electron chi connectivity index (χ1n) is 5.83. The van der Waals surface area contributed by atoms with E-state index in [4.69, 9.17) is 21.6 Å². The lowest BCUT2D eigenvalue weighted by Gasteiger charge is -2.11. The molecule has 5 heteroatoms. The molecular weight excluding hydrogens is 262 g/mol. The Hall–Kier alpha value is -2.12. The Kier molecular flexibility index (Phi) is 3.98. The fourth-order valence-electron chi connectivity index (χ4n) is 1.64. The summed E-state index contributed by atoms with van der Waals surface area (Å²) in [6.07, 6.45) is 2.03. The van der Waals surface area contributed by atoms with Crippen molar-refractivity contribution in [2.75, 3.05) is 0 Å². The van der Waals surface area contributed by atoms with Crippen LogP contribution in [0.1, 0.15) is 23.6 Å². The van der Waals surface area contributed by atoms with Crippen molar-refractivity contribution in [3.63, 3.8) is 0 Å². The topological polar surface area (TPSA) is 58.8 Å². The SMILES string of the molecule is CCc1c(Cl)ncnc1Oc1cc(C#N)ccc1C. The van der Waals surface area contributed by atoms with Crippen LogP contribution in [0, 0.1) is 18.3 Å². The lowest BCUT2D eigenvalue weighted by atomic mass is 10.1. The largest absolute Gasteiger partial charge is 0.438 e. The molecule has 96 valence electrons. The van der Waals surface area contributed by atoms with Crippen molar-refractivity contribution in [3.8, 4) is 17.7 Å². The van der Waals surface area contributed by atoms with Crippen LogP contribution in [0.4, 0.5) is 0 Å². The molecule has 0 radical (unpaired) electrons. The number of hydrogen-bond donors (Lipinski definition) is 0. The molecule has 1 aromatic carbocycles. The Morgan fingerprint density at radius 3 is 2.84 bits per heavy atom. The molecule has 0 saturated carbocycles. The molecule has 2 aromatic rings. The molecule has 0 bridgehead atoms. The number of aromatic nitrogens is 2. The summed E-state index contributed by atoms with van der Waals surface area (Å²) < 4.78 is 5.77. The van der Waals surface area contributed by atoms with E-state index < -0.39 is 0 Å². The predicted octanol–water partition coefficient (Wildman–Crippen LogP) is 3.66. The van der Waals surface area contributed by atoms with E-state index in [9.17, 15) is 0 Å². The van der Waals surface area contributed by atoms with Crippen LogP contribution in [0.3, 0.4) is 0 Å². The van der Waals surface area contributed by atoms with Gasteiger partial charge in [-0.25, -0.2) is 9.97 Å². The second-order valence-electron chi connectivity index (χ2n) is 4.00. The van der Waals surface area contributed by atoms with Gasteiger partial charge < -0.3 is 4.74 Å². The molecule has 19 heavy (non-hydrogen) atoms. The molecule has 0 atom stereocenters. The van der Waals surface area contributed by atoms with E-state index in [-0.39, 0.29) is 0 Å². The second-order valence-corrected chi connectivity index (χ2v) is 4.35. The Morgan fingerprint density at radius 1 is 1.37 bits per heavy atom. The standard InChI is InChI=1S/C14H12ClN3O/c1-3-11-13(15)17-8-18-14(11)19-12-6-10(7-16)5-4-9(12)2/h4-6,8H,3H2,1-2H3. The fourth-order valence-corrected chi connectivity index (χ4v) is 1.90. The van der Waals surface area contributed by atoms with E-state index in [1.807, 2.05) is 19.9 Å². The lowest BCUT2D eigenvalue weighted by molar-refractivity contribution is 0.451. The van der Waals surface area contributed by atoms with Gasteiger partial charge in [0.1, 0.15) is 17.2 Å². The van der Waals surface area contributed by atoms with Gasteiger partial charge in [-0.15, -0.1) is 0 Å². The number of ether oxygens (including phenoxy) is 1. The molecule has 0 unspecified atom stereocenters. The number of halogens is 1. The third-order valence-corrected chi connectivity index (χ3v) is 3.06. The highest BCUT2D eigenvalue weighted by Gasteiger charge is 2.11. The van der Waals surface area contributed by atoms with Crippen LogP contribution >= 0.6 is 11.6 Å². The minimum Gasteiger partial charge on any atom is -0.438 e. The highest BCUT2D eigenvalue weighted by atomic mass is 35.5. The summed E-state index contributed by atoms with van der Waals surface area (Å²) in [5.41, 5.74) is 2.22. The quantitative estimate of drug-likeness (QED) is 0.801. The van der Waals surface area contributed by atoms with Crippen LogP contribution < -0.4 is 4.74 Å². The van der Waals surface area contributed by atoms with Gasteiger partial charge in [-0.2, -0.15) is 5.26 Å². The molecule has 0 saturated heterocycles. The van der Waals surface area contributed by atoms with Crippen LogP contribution in [0.15, 0.2) is 24.5 Å². The maximum Gasteiger partial charge on any atom is 0.227 e. The van der Waals surface area contributed by atoms with E-state index >= 15 is 0 Å². The van der Waals surface area contributed by atoms with Crippen molar-refractivity contribution in [1.29, 1.82) is 5.26 Å². The third kappa shape index (κ3) is 2.83.